The van der Waals surface area contributed by atoms with Gasteiger partial charge in [-0.15, -0.1) is 0 Å². The Labute approximate surface area is 132 Å². The van der Waals surface area contributed by atoms with Gasteiger partial charge in [-0.1, -0.05) is 0 Å². The molecule has 0 radical (unpaired) electrons. The minimum Gasteiger partial charge on any atom is -0.371 e. The second-order valence-corrected chi connectivity index (χ2v) is 5.60. The number of aryl methyl sites for hydroxylation is 1. The van der Waals surface area contributed by atoms with Crippen LogP contribution in [0.2, 0.25) is 0 Å². The van der Waals surface area contributed by atoms with Gasteiger partial charge in [0.05, 0.1) is 18.7 Å². The van der Waals surface area contributed by atoms with Gasteiger partial charge in [0, 0.05) is 24.9 Å². The lowest BCUT2D eigenvalue weighted by Crippen LogP contribution is -2.58. The van der Waals surface area contributed by atoms with Crippen LogP contribution in [0.15, 0.2) is 12.4 Å². The van der Waals surface area contributed by atoms with Gasteiger partial charge in [-0.2, -0.15) is 5.10 Å². The second kappa shape index (κ2) is 6.37. The van der Waals surface area contributed by atoms with Gasteiger partial charge in [-0.05, 0) is 13.3 Å². The molecule has 9 nitrogen and oxygen atoms in total. The predicted molar refractivity (Wildman–Crippen MR) is 78.2 cm³/mol. The molecular weight excluding hydrogens is 302 g/mol. The molecule has 2 aliphatic heterocycles. The van der Waals surface area contributed by atoms with E-state index in [9.17, 15) is 14.4 Å². The molecule has 124 valence electrons. The van der Waals surface area contributed by atoms with Crippen LogP contribution in [0.5, 0.6) is 0 Å². The normalized spacial score (nSPS) is 27.4. The predicted octanol–water partition coefficient (Wildman–Crippen LogP) is -0.553. The van der Waals surface area contributed by atoms with Crippen LogP contribution in [0, 0.1) is 0 Å². The number of aromatic nitrogens is 2. The first-order valence-electron chi connectivity index (χ1n) is 7.61. The molecule has 0 bridgehead atoms. The molecule has 23 heavy (non-hydrogen) atoms. The van der Waals surface area contributed by atoms with Crippen molar-refractivity contribution in [2.45, 2.75) is 44.5 Å². The molecule has 3 N–H and O–H groups in total. The lowest BCUT2D eigenvalue weighted by molar-refractivity contribution is -0.129. The highest BCUT2D eigenvalue weighted by atomic mass is 16.5. The Morgan fingerprint density at radius 2 is 2.35 bits per heavy atom. The summed E-state index contributed by atoms with van der Waals surface area (Å²) in [6, 6.07) is -1.71. The first-order valence-corrected chi connectivity index (χ1v) is 7.61. The van der Waals surface area contributed by atoms with E-state index in [1.165, 1.54) is 0 Å². The molecule has 1 aromatic heterocycles. The summed E-state index contributed by atoms with van der Waals surface area (Å²) in [7, 11) is 0. The number of hydrogen-bond donors (Lipinski definition) is 3. The van der Waals surface area contributed by atoms with E-state index >= 15 is 0 Å². The van der Waals surface area contributed by atoms with Gasteiger partial charge < -0.3 is 15.4 Å². The summed E-state index contributed by atoms with van der Waals surface area (Å²) in [5, 5.41) is 11.6. The Morgan fingerprint density at radius 3 is 3.04 bits per heavy atom. The highest BCUT2D eigenvalue weighted by Crippen LogP contribution is 2.29. The van der Waals surface area contributed by atoms with Crippen LogP contribution in [-0.4, -0.2) is 46.3 Å². The number of carbonyl (C=O) groups is 3. The highest BCUT2D eigenvalue weighted by molar-refractivity contribution is 6.02. The van der Waals surface area contributed by atoms with Crippen LogP contribution in [-0.2, 0) is 20.9 Å². The Kier molecular flexibility index (Phi) is 4.28. The number of nitrogens with zero attached hydrogens (tertiary/aromatic N) is 2. The average Bonchev–Trinajstić information content (AvgIpc) is 3.14. The van der Waals surface area contributed by atoms with E-state index in [-0.39, 0.29) is 24.5 Å². The summed E-state index contributed by atoms with van der Waals surface area (Å²) in [4.78, 5) is 34.9. The largest absolute Gasteiger partial charge is 0.371 e. The molecule has 2 saturated heterocycles. The smallest absolute Gasteiger partial charge is 0.322 e. The third kappa shape index (κ3) is 3.34. The van der Waals surface area contributed by atoms with Crippen LogP contribution >= 0.6 is 0 Å². The van der Waals surface area contributed by atoms with Crippen molar-refractivity contribution in [3.8, 4) is 0 Å². The summed E-state index contributed by atoms with van der Waals surface area (Å²) in [5.41, 5.74) is 0.903. The van der Waals surface area contributed by atoms with E-state index in [0.29, 0.717) is 13.0 Å². The summed E-state index contributed by atoms with van der Waals surface area (Å²) in [6.45, 7) is 3.28. The van der Waals surface area contributed by atoms with Crippen LogP contribution in [0.3, 0.4) is 0 Å². The fraction of sp³-hybridized carbons (Fsp3) is 0.571. The molecule has 2 aliphatic rings. The van der Waals surface area contributed by atoms with E-state index in [1.54, 1.807) is 10.9 Å². The zero-order valence-electron chi connectivity index (χ0n) is 12.7. The molecule has 3 atom stereocenters. The molecule has 2 fully saturated rings. The van der Waals surface area contributed by atoms with Crippen molar-refractivity contribution >= 4 is 17.8 Å². The fourth-order valence-corrected chi connectivity index (χ4v) is 2.82. The van der Waals surface area contributed by atoms with Crippen LogP contribution < -0.4 is 16.0 Å². The van der Waals surface area contributed by atoms with E-state index < -0.39 is 18.0 Å². The Hall–Kier alpha value is -2.42. The molecule has 9 heteroatoms. The quantitative estimate of drug-likeness (QED) is 0.688. The third-order valence-corrected chi connectivity index (χ3v) is 3.99. The van der Waals surface area contributed by atoms with Gasteiger partial charge in [0.25, 0.3) is 0 Å². The molecule has 0 saturated carbocycles. The van der Waals surface area contributed by atoms with Crippen molar-refractivity contribution in [2.75, 3.05) is 6.61 Å². The maximum absolute atomic E-state index is 12.3. The van der Waals surface area contributed by atoms with Crippen molar-refractivity contribution in [3.63, 3.8) is 0 Å². The van der Waals surface area contributed by atoms with Gasteiger partial charge in [0.2, 0.25) is 11.8 Å². The number of carbonyl (C=O) groups excluding carboxylic acids is 3. The number of urea groups is 1. The SMILES string of the molecule is CCn1cc([C@@H]2OCC[C@H]2NC(=O)[C@@H]2CC(=O)NC(=O)N2)cn1. The zero-order chi connectivity index (χ0) is 16.4. The Bertz CT molecular complexity index is 612. The molecule has 0 spiro atoms. The Morgan fingerprint density at radius 1 is 1.52 bits per heavy atom. The van der Waals surface area contributed by atoms with Crippen molar-refractivity contribution < 1.29 is 19.1 Å². The number of ether oxygens (including phenoxy) is 1. The highest BCUT2D eigenvalue weighted by Gasteiger charge is 2.35. The fourth-order valence-electron chi connectivity index (χ4n) is 2.82. The molecule has 1 aromatic rings. The van der Waals surface area contributed by atoms with E-state index in [2.05, 4.69) is 21.0 Å². The number of rotatable bonds is 4. The standard InChI is InChI=1S/C14H19N5O4/c1-2-19-7-8(6-15-19)12-9(3-4-23-12)16-13(21)10-5-11(20)18-14(22)17-10/h6-7,9-10,12H,2-5H2,1H3,(H,16,21)(H2,17,18,20,22)/t9-,10+,12+/m1/s1. The average molecular weight is 321 g/mol. The number of nitrogens with one attached hydrogen (secondary N) is 3. The lowest BCUT2D eigenvalue weighted by atomic mass is 10.0. The van der Waals surface area contributed by atoms with Crippen LogP contribution in [0.25, 0.3) is 0 Å². The molecule has 0 aliphatic carbocycles. The summed E-state index contributed by atoms with van der Waals surface area (Å²) < 4.78 is 7.50. The van der Waals surface area contributed by atoms with E-state index in [1.807, 2.05) is 13.1 Å². The van der Waals surface area contributed by atoms with Gasteiger partial charge in [-0.25, -0.2) is 4.79 Å². The number of imide groups is 1. The molecule has 3 rings (SSSR count). The summed E-state index contributed by atoms with van der Waals surface area (Å²) in [5.74, 6) is -0.839. The minimum absolute atomic E-state index is 0.0659. The van der Waals surface area contributed by atoms with Gasteiger partial charge in [-0.3, -0.25) is 19.6 Å². The van der Waals surface area contributed by atoms with Crippen molar-refractivity contribution in [3.05, 3.63) is 18.0 Å². The number of amides is 4. The summed E-state index contributed by atoms with van der Waals surface area (Å²) in [6.07, 6.45) is 3.95. The first-order chi connectivity index (χ1) is 11.1. The van der Waals surface area contributed by atoms with Crippen molar-refractivity contribution in [1.82, 2.24) is 25.7 Å². The van der Waals surface area contributed by atoms with Gasteiger partial charge >= 0.3 is 6.03 Å². The monoisotopic (exact) mass is 321 g/mol. The molecule has 4 amide bonds. The third-order valence-electron chi connectivity index (χ3n) is 3.99. The van der Waals surface area contributed by atoms with Crippen molar-refractivity contribution in [2.24, 2.45) is 0 Å². The van der Waals surface area contributed by atoms with E-state index in [4.69, 9.17) is 4.74 Å². The maximum atomic E-state index is 12.3. The maximum Gasteiger partial charge on any atom is 0.322 e. The molecule has 3 heterocycles. The molecule has 0 aromatic carbocycles. The van der Waals surface area contributed by atoms with Crippen LogP contribution in [0.4, 0.5) is 4.79 Å². The zero-order valence-corrected chi connectivity index (χ0v) is 12.7. The van der Waals surface area contributed by atoms with E-state index in [0.717, 1.165) is 12.1 Å². The first kappa shape index (κ1) is 15.5. The van der Waals surface area contributed by atoms with Crippen molar-refractivity contribution in [1.29, 1.82) is 0 Å². The molecular formula is C14H19N5O4. The van der Waals surface area contributed by atoms with Crippen LogP contribution in [0.1, 0.15) is 31.4 Å². The summed E-state index contributed by atoms with van der Waals surface area (Å²) >= 11 is 0. The second-order valence-electron chi connectivity index (χ2n) is 5.60. The number of hydrogen-bond acceptors (Lipinski definition) is 5. The topological polar surface area (TPSA) is 114 Å². The molecule has 0 unspecified atom stereocenters. The Balaban J connectivity index is 1.65. The van der Waals surface area contributed by atoms with Gasteiger partial charge in [0.1, 0.15) is 12.1 Å². The van der Waals surface area contributed by atoms with Gasteiger partial charge in [0.15, 0.2) is 0 Å². The minimum atomic E-state index is -0.851. The lowest BCUT2D eigenvalue weighted by Gasteiger charge is -2.25.